The average Bonchev–Trinajstić information content (AvgIpc) is 2.67. The lowest BCUT2D eigenvalue weighted by Crippen LogP contribution is -2.23. The summed E-state index contributed by atoms with van der Waals surface area (Å²) in [7, 11) is 0. The van der Waals surface area contributed by atoms with Crippen LogP contribution in [0.25, 0.3) is 11.0 Å². The van der Waals surface area contributed by atoms with Gasteiger partial charge in [0.25, 0.3) is 0 Å². The van der Waals surface area contributed by atoms with E-state index in [1.54, 1.807) is 6.92 Å². The van der Waals surface area contributed by atoms with Crippen LogP contribution in [0.4, 0.5) is 4.39 Å². The Kier molecular flexibility index (Phi) is 4.34. The molecule has 2 nitrogen and oxygen atoms in total. The van der Waals surface area contributed by atoms with Gasteiger partial charge in [-0.2, -0.15) is 0 Å². The number of aryl methyl sites for hydroxylation is 1. The molecule has 0 saturated heterocycles. The molecule has 1 aromatic carbocycles. The van der Waals surface area contributed by atoms with Crippen molar-refractivity contribution in [1.29, 1.82) is 0 Å². The predicted molar refractivity (Wildman–Crippen MR) is 87.3 cm³/mol. The third kappa shape index (κ3) is 3.23. The highest BCUT2D eigenvalue weighted by Crippen LogP contribution is 2.32. The molecule has 4 heteroatoms. The summed E-state index contributed by atoms with van der Waals surface area (Å²) in [6.07, 6.45) is 0. The number of imidazole rings is 1. The zero-order chi connectivity index (χ0) is 15.9. The van der Waals surface area contributed by atoms with E-state index in [1.807, 2.05) is 13.0 Å². The SMILES string of the molecule is Cc1cc2c(cc1F)nc(C(C)Cl)n2CC(C)C(C)(C)C. The van der Waals surface area contributed by atoms with Gasteiger partial charge in [-0.25, -0.2) is 9.37 Å². The summed E-state index contributed by atoms with van der Waals surface area (Å²) in [5, 5.41) is -0.201. The molecule has 0 saturated carbocycles. The molecule has 116 valence electrons. The van der Waals surface area contributed by atoms with Crippen molar-refractivity contribution < 1.29 is 4.39 Å². The highest BCUT2D eigenvalue weighted by molar-refractivity contribution is 6.20. The van der Waals surface area contributed by atoms with Gasteiger partial charge in [0.15, 0.2) is 0 Å². The summed E-state index contributed by atoms with van der Waals surface area (Å²) in [6, 6.07) is 3.38. The molecule has 21 heavy (non-hydrogen) atoms. The molecule has 2 rings (SSSR count). The third-order valence-corrected chi connectivity index (χ3v) is 4.54. The van der Waals surface area contributed by atoms with Crippen LogP contribution in [0.15, 0.2) is 12.1 Å². The largest absolute Gasteiger partial charge is 0.326 e. The second-order valence-electron chi connectivity index (χ2n) is 7.05. The van der Waals surface area contributed by atoms with Crippen molar-refractivity contribution >= 4 is 22.6 Å². The minimum absolute atomic E-state index is 0.193. The van der Waals surface area contributed by atoms with Crippen LogP contribution >= 0.6 is 11.6 Å². The van der Waals surface area contributed by atoms with Crippen LogP contribution in [0.2, 0.25) is 0 Å². The Labute approximate surface area is 131 Å². The molecule has 0 spiro atoms. The second kappa shape index (κ2) is 5.60. The van der Waals surface area contributed by atoms with E-state index in [2.05, 4.69) is 37.2 Å². The third-order valence-electron chi connectivity index (χ3n) is 4.35. The fraction of sp³-hybridized carbons (Fsp3) is 0.588. The summed E-state index contributed by atoms with van der Waals surface area (Å²) in [5.41, 5.74) is 2.48. The molecule has 0 N–H and O–H groups in total. The van der Waals surface area contributed by atoms with Crippen molar-refractivity contribution in [3.05, 3.63) is 29.3 Å². The molecule has 2 unspecified atom stereocenters. The Hall–Kier alpha value is -1.09. The van der Waals surface area contributed by atoms with E-state index in [9.17, 15) is 4.39 Å². The quantitative estimate of drug-likeness (QED) is 0.688. The smallest absolute Gasteiger partial charge is 0.128 e. The minimum Gasteiger partial charge on any atom is -0.326 e. The fourth-order valence-corrected chi connectivity index (χ4v) is 2.48. The highest BCUT2D eigenvalue weighted by Gasteiger charge is 2.24. The number of nitrogens with zero attached hydrogens (tertiary/aromatic N) is 2. The van der Waals surface area contributed by atoms with E-state index >= 15 is 0 Å². The van der Waals surface area contributed by atoms with Crippen molar-refractivity contribution in [2.75, 3.05) is 0 Å². The summed E-state index contributed by atoms with van der Waals surface area (Å²) in [5.74, 6) is 1.05. The Bertz CT molecular complexity index is 653. The fourth-order valence-electron chi connectivity index (χ4n) is 2.31. The topological polar surface area (TPSA) is 17.8 Å². The number of rotatable bonds is 3. The van der Waals surface area contributed by atoms with Gasteiger partial charge in [-0.05, 0) is 36.8 Å². The van der Waals surface area contributed by atoms with E-state index in [-0.39, 0.29) is 16.6 Å². The molecule has 0 aliphatic heterocycles. The first-order valence-electron chi connectivity index (χ1n) is 7.41. The highest BCUT2D eigenvalue weighted by atomic mass is 35.5. The molecule has 0 bridgehead atoms. The zero-order valence-electron chi connectivity index (χ0n) is 13.7. The van der Waals surface area contributed by atoms with Crippen LogP contribution in [-0.2, 0) is 6.54 Å². The number of hydrogen-bond donors (Lipinski definition) is 0. The first-order chi connectivity index (χ1) is 9.61. The molecule has 2 aromatic rings. The molecule has 2 atom stereocenters. The number of aromatic nitrogens is 2. The molecule has 0 amide bonds. The van der Waals surface area contributed by atoms with Crippen LogP contribution in [0, 0.1) is 24.1 Å². The monoisotopic (exact) mass is 310 g/mol. The molecule has 0 radical (unpaired) electrons. The molecular weight excluding hydrogens is 287 g/mol. The van der Waals surface area contributed by atoms with Crippen LogP contribution in [0.5, 0.6) is 0 Å². The van der Waals surface area contributed by atoms with Gasteiger partial charge in [0.05, 0.1) is 16.4 Å². The minimum atomic E-state index is -0.218. The molecule has 1 aromatic heterocycles. The molecule has 0 fully saturated rings. The zero-order valence-corrected chi connectivity index (χ0v) is 14.4. The van der Waals surface area contributed by atoms with Gasteiger partial charge in [-0.3, -0.25) is 0 Å². The predicted octanol–water partition coefficient (Wildman–Crippen LogP) is 5.47. The van der Waals surface area contributed by atoms with Gasteiger partial charge in [-0.15, -0.1) is 11.6 Å². The van der Waals surface area contributed by atoms with Crippen LogP contribution < -0.4 is 0 Å². The maximum Gasteiger partial charge on any atom is 0.128 e. The van der Waals surface area contributed by atoms with Crippen molar-refractivity contribution in [2.45, 2.75) is 53.5 Å². The molecule has 0 aliphatic carbocycles. The summed E-state index contributed by atoms with van der Waals surface area (Å²) in [4.78, 5) is 4.54. The van der Waals surface area contributed by atoms with Gasteiger partial charge in [0, 0.05) is 12.6 Å². The van der Waals surface area contributed by atoms with E-state index in [0.29, 0.717) is 17.0 Å². The van der Waals surface area contributed by atoms with Crippen molar-refractivity contribution in [3.8, 4) is 0 Å². The first kappa shape index (κ1) is 16.3. The summed E-state index contributed by atoms with van der Waals surface area (Å²) in [6.45, 7) is 13.4. The first-order valence-corrected chi connectivity index (χ1v) is 7.85. The Morgan fingerprint density at radius 1 is 1.29 bits per heavy atom. The Morgan fingerprint density at radius 3 is 2.43 bits per heavy atom. The van der Waals surface area contributed by atoms with E-state index < -0.39 is 0 Å². The standard InChI is InChI=1S/C17H24ClFN2/c1-10-7-15-14(8-13(10)19)20-16(12(3)18)21(15)9-11(2)17(4,5)6/h7-8,11-12H,9H2,1-6H3. The van der Waals surface area contributed by atoms with Gasteiger partial charge in [0.2, 0.25) is 0 Å². The average molecular weight is 311 g/mol. The summed E-state index contributed by atoms with van der Waals surface area (Å²) < 4.78 is 15.9. The number of hydrogen-bond acceptors (Lipinski definition) is 1. The van der Waals surface area contributed by atoms with E-state index in [4.69, 9.17) is 11.6 Å². The van der Waals surface area contributed by atoms with Crippen molar-refractivity contribution in [2.24, 2.45) is 11.3 Å². The van der Waals surface area contributed by atoms with Crippen LogP contribution in [0.3, 0.4) is 0 Å². The Balaban J connectivity index is 2.58. The molecule has 0 aliphatic rings. The van der Waals surface area contributed by atoms with Gasteiger partial charge in [-0.1, -0.05) is 27.7 Å². The normalized spacial score (nSPS) is 15.4. The van der Waals surface area contributed by atoms with Crippen molar-refractivity contribution in [3.63, 3.8) is 0 Å². The van der Waals surface area contributed by atoms with Crippen molar-refractivity contribution in [1.82, 2.24) is 9.55 Å². The van der Waals surface area contributed by atoms with E-state index in [0.717, 1.165) is 17.9 Å². The van der Waals surface area contributed by atoms with Gasteiger partial charge < -0.3 is 4.57 Å². The lowest BCUT2D eigenvalue weighted by molar-refractivity contribution is 0.233. The van der Waals surface area contributed by atoms with Gasteiger partial charge in [0.1, 0.15) is 11.6 Å². The number of fused-ring (bicyclic) bond motifs is 1. The number of halogens is 2. The molecular formula is C17H24ClFN2. The van der Waals surface area contributed by atoms with Crippen LogP contribution in [0.1, 0.15) is 51.4 Å². The number of alkyl halides is 1. The maximum absolute atomic E-state index is 13.8. The molecule has 1 heterocycles. The second-order valence-corrected chi connectivity index (χ2v) is 7.71. The Morgan fingerprint density at radius 2 is 1.90 bits per heavy atom. The lowest BCUT2D eigenvalue weighted by Gasteiger charge is -2.28. The maximum atomic E-state index is 13.8. The summed E-state index contributed by atoms with van der Waals surface area (Å²) >= 11 is 6.28. The number of benzene rings is 1. The van der Waals surface area contributed by atoms with Gasteiger partial charge >= 0.3 is 0 Å². The van der Waals surface area contributed by atoms with E-state index in [1.165, 1.54) is 6.07 Å². The lowest BCUT2D eigenvalue weighted by atomic mass is 9.82. The van der Waals surface area contributed by atoms with Crippen LogP contribution in [-0.4, -0.2) is 9.55 Å².